The van der Waals surface area contributed by atoms with Crippen molar-refractivity contribution in [3.05, 3.63) is 46.3 Å². The van der Waals surface area contributed by atoms with Gasteiger partial charge in [0.1, 0.15) is 0 Å². The number of nitrogens with zero attached hydrogens (tertiary/aromatic N) is 1. The van der Waals surface area contributed by atoms with Crippen LogP contribution in [-0.2, 0) is 4.79 Å². The molecule has 0 aromatic heterocycles. The number of fused-ring (bicyclic) bond motifs is 3. The van der Waals surface area contributed by atoms with Crippen molar-refractivity contribution in [3.8, 4) is 0 Å². The predicted octanol–water partition coefficient (Wildman–Crippen LogP) is 2.54. The highest BCUT2D eigenvalue weighted by molar-refractivity contribution is 6.36. The molecule has 4 heteroatoms. The number of hydrogen-bond donors (Lipinski definition) is 0. The second-order valence-corrected chi connectivity index (χ2v) is 5.75. The number of carbonyl (C=O) groups excluding carboxylic acids is 2. The quantitative estimate of drug-likeness (QED) is 0.725. The molecule has 0 amide bonds. The molecule has 0 bridgehead atoms. The molecule has 1 heterocycles. The Morgan fingerprint density at radius 3 is 2.55 bits per heavy atom. The van der Waals surface area contributed by atoms with E-state index in [0.29, 0.717) is 23.1 Å². The molecule has 2 aliphatic carbocycles. The van der Waals surface area contributed by atoms with Crippen LogP contribution in [0.2, 0.25) is 0 Å². The van der Waals surface area contributed by atoms with Crippen LogP contribution in [0, 0.1) is 11.1 Å². The Hall–Kier alpha value is -1.94. The molecule has 0 saturated heterocycles. The standard InChI is InChI=1S/C16H14NO3/c18-15-11-7-3-4-8-12(11)17(20)14-13(15)9-5-1-2-6-10(9)16(14)19/h1-2,5-6,11-12H,3-4,7-8H2/q-1. The van der Waals surface area contributed by atoms with E-state index in [-0.39, 0.29) is 29.2 Å². The van der Waals surface area contributed by atoms with E-state index in [0.717, 1.165) is 24.3 Å². The number of allylic oxidation sites excluding steroid dienone is 2. The fourth-order valence-corrected chi connectivity index (χ4v) is 3.78. The van der Waals surface area contributed by atoms with Gasteiger partial charge in [0.25, 0.3) is 0 Å². The fraction of sp³-hybridized carbons (Fsp3) is 0.375. The van der Waals surface area contributed by atoms with E-state index in [1.165, 1.54) is 0 Å². The second kappa shape index (κ2) is 4.03. The Bertz CT molecular complexity index is 661. The summed E-state index contributed by atoms with van der Waals surface area (Å²) in [4.78, 5) is 25.1. The minimum Gasteiger partial charge on any atom is -0.758 e. The number of rotatable bonds is 0. The van der Waals surface area contributed by atoms with Crippen LogP contribution in [0.3, 0.4) is 0 Å². The predicted molar refractivity (Wildman–Crippen MR) is 73.7 cm³/mol. The first-order valence-electron chi connectivity index (χ1n) is 7.09. The lowest BCUT2D eigenvalue weighted by Crippen LogP contribution is -2.47. The summed E-state index contributed by atoms with van der Waals surface area (Å²) in [6.45, 7) is 0. The molecule has 2 unspecified atom stereocenters. The van der Waals surface area contributed by atoms with Crippen LogP contribution >= 0.6 is 0 Å². The van der Waals surface area contributed by atoms with Crippen LogP contribution in [0.4, 0.5) is 0 Å². The zero-order valence-electron chi connectivity index (χ0n) is 11.0. The Labute approximate surface area is 116 Å². The molecular weight excluding hydrogens is 254 g/mol. The van der Waals surface area contributed by atoms with E-state index in [9.17, 15) is 14.8 Å². The van der Waals surface area contributed by atoms with E-state index in [4.69, 9.17) is 0 Å². The normalized spacial score (nSPS) is 28.4. The van der Waals surface area contributed by atoms with Gasteiger partial charge in [-0.3, -0.25) is 9.59 Å². The summed E-state index contributed by atoms with van der Waals surface area (Å²) in [6.07, 6.45) is 3.41. The zero-order valence-corrected chi connectivity index (χ0v) is 11.0. The van der Waals surface area contributed by atoms with E-state index in [1.807, 2.05) is 0 Å². The first kappa shape index (κ1) is 11.9. The van der Waals surface area contributed by atoms with Crippen LogP contribution in [0.15, 0.2) is 30.0 Å². The van der Waals surface area contributed by atoms with E-state index in [2.05, 4.69) is 0 Å². The van der Waals surface area contributed by atoms with Gasteiger partial charge in [-0.25, -0.2) is 0 Å². The van der Waals surface area contributed by atoms with Crippen molar-refractivity contribution < 1.29 is 9.59 Å². The Balaban J connectivity index is 1.92. The summed E-state index contributed by atoms with van der Waals surface area (Å²) in [5.41, 5.74) is 1.58. The fourth-order valence-electron chi connectivity index (χ4n) is 3.78. The van der Waals surface area contributed by atoms with Crippen molar-refractivity contribution in [2.24, 2.45) is 5.92 Å². The van der Waals surface area contributed by atoms with Crippen molar-refractivity contribution >= 4 is 17.1 Å². The molecule has 1 aliphatic heterocycles. The highest BCUT2D eigenvalue weighted by Gasteiger charge is 2.45. The van der Waals surface area contributed by atoms with Gasteiger partial charge in [0.2, 0.25) is 5.78 Å². The van der Waals surface area contributed by atoms with Gasteiger partial charge in [0.15, 0.2) is 5.78 Å². The smallest absolute Gasteiger partial charge is 0.209 e. The van der Waals surface area contributed by atoms with Crippen molar-refractivity contribution in [2.75, 3.05) is 0 Å². The number of Topliss-reactive ketones (excluding diaryl/α,β-unsaturated/α-hetero) is 2. The molecule has 1 fully saturated rings. The van der Waals surface area contributed by atoms with Gasteiger partial charge >= 0.3 is 0 Å². The van der Waals surface area contributed by atoms with Crippen molar-refractivity contribution in [3.63, 3.8) is 0 Å². The highest BCUT2D eigenvalue weighted by Crippen LogP contribution is 2.45. The zero-order chi connectivity index (χ0) is 13.9. The molecule has 1 aromatic carbocycles. The Morgan fingerprint density at radius 2 is 1.75 bits per heavy atom. The molecule has 1 aromatic rings. The molecule has 102 valence electrons. The first-order chi connectivity index (χ1) is 9.70. The highest BCUT2D eigenvalue weighted by atomic mass is 16.5. The van der Waals surface area contributed by atoms with E-state index >= 15 is 0 Å². The largest absolute Gasteiger partial charge is 0.758 e. The Kier molecular flexibility index (Phi) is 2.39. The topological polar surface area (TPSA) is 60.4 Å². The molecule has 4 nitrogen and oxygen atoms in total. The lowest BCUT2D eigenvalue weighted by Gasteiger charge is -2.48. The lowest BCUT2D eigenvalue weighted by atomic mass is 9.76. The summed E-state index contributed by atoms with van der Waals surface area (Å²) in [7, 11) is 0. The molecule has 20 heavy (non-hydrogen) atoms. The van der Waals surface area contributed by atoms with Crippen molar-refractivity contribution in [1.82, 2.24) is 5.06 Å². The molecule has 2 atom stereocenters. The third-order valence-electron chi connectivity index (χ3n) is 4.73. The lowest BCUT2D eigenvalue weighted by molar-refractivity contribution is -0.120. The van der Waals surface area contributed by atoms with Gasteiger partial charge in [-0.1, -0.05) is 37.1 Å². The first-order valence-corrected chi connectivity index (χ1v) is 7.09. The number of carbonyl (C=O) groups is 2. The molecular formula is C16H14NO3-. The van der Waals surface area contributed by atoms with Crippen molar-refractivity contribution in [2.45, 2.75) is 31.7 Å². The number of hydrogen-bond acceptors (Lipinski definition) is 4. The minimum absolute atomic E-state index is 0.00454. The van der Waals surface area contributed by atoms with Gasteiger partial charge in [0, 0.05) is 17.5 Å². The average molecular weight is 268 g/mol. The maximum atomic E-state index is 12.7. The van der Waals surface area contributed by atoms with Gasteiger partial charge < -0.3 is 10.3 Å². The maximum Gasteiger partial charge on any atom is 0.209 e. The van der Waals surface area contributed by atoms with Crippen LogP contribution in [0.5, 0.6) is 0 Å². The van der Waals surface area contributed by atoms with Gasteiger partial charge in [-0.2, -0.15) is 0 Å². The summed E-state index contributed by atoms with van der Waals surface area (Å²) in [6, 6.07) is 6.69. The molecule has 3 aliphatic rings. The van der Waals surface area contributed by atoms with E-state index < -0.39 is 0 Å². The van der Waals surface area contributed by atoms with Crippen LogP contribution in [0.25, 0.3) is 5.57 Å². The van der Waals surface area contributed by atoms with Gasteiger partial charge in [-0.05, 0) is 18.4 Å². The molecule has 0 N–H and O–H groups in total. The maximum absolute atomic E-state index is 12.7. The number of hydroxylamine groups is 2. The third-order valence-corrected chi connectivity index (χ3v) is 4.73. The Morgan fingerprint density at radius 1 is 1.05 bits per heavy atom. The summed E-state index contributed by atoms with van der Waals surface area (Å²) >= 11 is 0. The minimum atomic E-state index is -0.340. The number of ketones is 2. The van der Waals surface area contributed by atoms with E-state index in [1.54, 1.807) is 24.3 Å². The van der Waals surface area contributed by atoms with Crippen LogP contribution in [0.1, 0.15) is 41.6 Å². The van der Waals surface area contributed by atoms with Crippen molar-refractivity contribution in [1.29, 1.82) is 0 Å². The van der Waals surface area contributed by atoms with Crippen LogP contribution < -0.4 is 0 Å². The summed E-state index contributed by atoms with van der Waals surface area (Å²) < 4.78 is 0. The summed E-state index contributed by atoms with van der Waals surface area (Å²) in [5.74, 6) is -0.531. The summed E-state index contributed by atoms with van der Waals surface area (Å²) in [5, 5.41) is 13.4. The third kappa shape index (κ3) is 1.34. The average Bonchev–Trinajstić information content (AvgIpc) is 2.79. The second-order valence-electron chi connectivity index (χ2n) is 5.75. The van der Waals surface area contributed by atoms with Gasteiger partial charge in [-0.15, -0.1) is 0 Å². The molecule has 4 rings (SSSR count). The molecule has 1 saturated carbocycles. The molecule has 0 spiro atoms. The monoisotopic (exact) mass is 268 g/mol. The SMILES string of the molecule is O=C1C2=C(C(=O)C3CCCCC3N2[O-])c2ccccc21. The van der Waals surface area contributed by atoms with Gasteiger partial charge in [0.05, 0.1) is 11.3 Å². The molecule has 0 radical (unpaired) electrons. The number of benzene rings is 1. The van der Waals surface area contributed by atoms with Crippen LogP contribution in [-0.4, -0.2) is 22.7 Å².